The standard InChI is InChI=1S/C21H24N4O8/c1-3-30-17(26)21(18(27)31-4-2,13-32-19(28)24-15-7-5-9-22-11-15)14-33-20(29)25-16-8-6-10-23-12-16/h5-12H,3-4,13-14H2,1-2H3,(H,24,28)(H,25,29). The van der Waals surface area contributed by atoms with E-state index < -0.39 is 42.8 Å². The molecule has 0 spiro atoms. The zero-order valence-electron chi connectivity index (χ0n) is 18.1. The first-order valence-corrected chi connectivity index (χ1v) is 9.93. The average Bonchev–Trinajstić information content (AvgIpc) is 2.81. The molecule has 0 bridgehead atoms. The SMILES string of the molecule is CCOC(=O)C(COC(=O)Nc1cccnc1)(COC(=O)Nc1cccnc1)C(=O)OCC. The summed E-state index contributed by atoms with van der Waals surface area (Å²) in [7, 11) is 0. The molecule has 0 aliphatic carbocycles. The van der Waals surface area contributed by atoms with Crippen LogP contribution in [-0.2, 0) is 28.5 Å². The molecular formula is C21H24N4O8. The number of esters is 2. The Morgan fingerprint density at radius 3 is 1.52 bits per heavy atom. The normalized spacial score (nSPS) is 10.5. The highest BCUT2D eigenvalue weighted by Gasteiger charge is 2.52. The van der Waals surface area contributed by atoms with Crippen LogP contribution in [0.25, 0.3) is 0 Å². The maximum absolute atomic E-state index is 12.8. The van der Waals surface area contributed by atoms with Crippen LogP contribution >= 0.6 is 0 Å². The van der Waals surface area contributed by atoms with Crippen molar-refractivity contribution in [3.63, 3.8) is 0 Å². The molecule has 2 aromatic rings. The van der Waals surface area contributed by atoms with Crippen LogP contribution in [0.5, 0.6) is 0 Å². The van der Waals surface area contributed by atoms with Gasteiger partial charge in [-0.1, -0.05) is 0 Å². The van der Waals surface area contributed by atoms with E-state index in [-0.39, 0.29) is 13.2 Å². The first-order chi connectivity index (χ1) is 15.9. The summed E-state index contributed by atoms with van der Waals surface area (Å²) in [5.41, 5.74) is -1.59. The molecule has 12 heteroatoms. The lowest BCUT2D eigenvalue weighted by Gasteiger charge is -2.28. The maximum atomic E-state index is 12.8. The molecule has 12 nitrogen and oxygen atoms in total. The molecule has 0 unspecified atom stereocenters. The second-order valence-corrected chi connectivity index (χ2v) is 6.41. The minimum atomic E-state index is -2.25. The predicted molar refractivity (Wildman–Crippen MR) is 114 cm³/mol. The lowest BCUT2D eigenvalue weighted by Crippen LogP contribution is -2.50. The number of amides is 2. The molecule has 0 saturated heterocycles. The van der Waals surface area contributed by atoms with E-state index in [4.69, 9.17) is 18.9 Å². The van der Waals surface area contributed by atoms with Gasteiger partial charge in [-0.2, -0.15) is 0 Å². The van der Waals surface area contributed by atoms with Crippen LogP contribution in [0, 0.1) is 5.41 Å². The Hall–Kier alpha value is -4.22. The molecule has 0 radical (unpaired) electrons. The molecule has 0 aromatic carbocycles. The van der Waals surface area contributed by atoms with Gasteiger partial charge in [0.15, 0.2) is 0 Å². The summed E-state index contributed by atoms with van der Waals surface area (Å²) < 4.78 is 20.2. The van der Waals surface area contributed by atoms with E-state index in [2.05, 4.69) is 20.6 Å². The summed E-state index contributed by atoms with van der Waals surface area (Å²) >= 11 is 0. The zero-order valence-corrected chi connectivity index (χ0v) is 18.1. The number of anilines is 2. The van der Waals surface area contributed by atoms with Gasteiger partial charge in [-0.3, -0.25) is 30.2 Å². The Morgan fingerprint density at radius 1 is 0.758 bits per heavy atom. The van der Waals surface area contributed by atoms with Gasteiger partial charge in [0.2, 0.25) is 5.41 Å². The second-order valence-electron chi connectivity index (χ2n) is 6.41. The van der Waals surface area contributed by atoms with E-state index >= 15 is 0 Å². The minimum Gasteiger partial charge on any atom is -0.465 e. The molecule has 2 rings (SSSR count). The van der Waals surface area contributed by atoms with E-state index in [9.17, 15) is 19.2 Å². The third-order valence-electron chi connectivity index (χ3n) is 4.05. The number of nitrogens with zero attached hydrogens (tertiary/aromatic N) is 2. The smallest absolute Gasteiger partial charge is 0.411 e. The van der Waals surface area contributed by atoms with Crippen LogP contribution < -0.4 is 10.6 Å². The summed E-state index contributed by atoms with van der Waals surface area (Å²) in [6, 6.07) is 6.30. The van der Waals surface area contributed by atoms with Crippen LogP contribution in [0.1, 0.15) is 13.8 Å². The highest BCUT2D eigenvalue weighted by molar-refractivity contribution is 6.01. The van der Waals surface area contributed by atoms with Crippen molar-refractivity contribution < 1.29 is 38.1 Å². The number of pyridine rings is 2. The number of carbonyl (C=O) groups is 4. The number of rotatable bonds is 10. The van der Waals surface area contributed by atoms with Crippen molar-refractivity contribution in [3.8, 4) is 0 Å². The lowest BCUT2D eigenvalue weighted by atomic mass is 9.90. The number of hydrogen-bond donors (Lipinski definition) is 2. The molecule has 2 amide bonds. The van der Waals surface area contributed by atoms with E-state index in [0.717, 1.165) is 0 Å². The largest absolute Gasteiger partial charge is 0.465 e. The molecule has 0 fully saturated rings. The molecule has 0 atom stereocenters. The van der Waals surface area contributed by atoms with Gasteiger partial charge in [-0.25, -0.2) is 9.59 Å². The van der Waals surface area contributed by atoms with Gasteiger partial charge in [0.1, 0.15) is 13.2 Å². The minimum absolute atomic E-state index is 0.0796. The fraction of sp³-hybridized carbons (Fsp3) is 0.333. The highest BCUT2D eigenvalue weighted by atomic mass is 16.6. The highest BCUT2D eigenvalue weighted by Crippen LogP contribution is 2.24. The number of ether oxygens (including phenoxy) is 4. The van der Waals surface area contributed by atoms with Crippen molar-refractivity contribution in [1.29, 1.82) is 0 Å². The van der Waals surface area contributed by atoms with E-state index in [1.54, 1.807) is 24.3 Å². The van der Waals surface area contributed by atoms with Gasteiger partial charge in [0.25, 0.3) is 0 Å². The first-order valence-electron chi connectivity index (χ1n) is 9.93. The van der Waals surface area contributed by atoms with Gasteiger partial charge in [0.05, 0.1) is 37.0 Å². The van der Waals surface area contributed by atoms with Gasteiger partial charge in [0, 0.05) is 12.4 Å². The molecule has 0 aliphatic rings. The number of carbonyl (C=O) groups excluding carboxylic acids is 4. The number of aromatic nitrogens is 2. The third-order valence-corrected chi connectivity index (χ3v) is 4.05. The molecule has 176 valence electrons. The van der Waals surface area contributed by atoms with E-state index in [0.29, 0.717) is 11.4 Å². The molecule has 0 saturated carbocycles. The number of hydrogen-bond acceptors (Lipinski definition) is 10. The van der Waals surface area contributed by atoms with Crippen molar-refractivity contribution in [2.45, 2.75) is 13.8 Å². The topological polar surface area (TPSA) is 155 Å². The van der Waals surface area contributed by atoms with Gasteiger partial charge < -0.3 is 18.9 Å². The molecule has 0 aliphatic heterocycles. The van der Waals surface area contributed by atoms with Crippen LogP contribution in [0.15, 0.2) is 49.1 Å². The average molecular weight is 460 g/mol. The Labute approximate surface area is 189 Å². The van der Waals surface area contributed by atoms with E-state index in [1.807, 2.05) is 0 Å². The maximum Gasteiger partial charge on any atom is 0.411 e. The monoisotopic (exact) mass is 460 g/mol. The zero-order chi connectivity index (χ0) is 24.1. The Bertz CT molecular complexity index is 862. The van der Waals surface area contributed by atoms with Crippen molar-refractivity contribution >= 4 is 35.5 Å². The van der Waals surface area contributed by atoms with E-state index in [1.165, 1.54) is 38.6 Å². The fourth-order valence-corrected chi connectivity index (χ4v) is 2.46. The van der Waals surface area contributed by atoms with Gasteiger partial charge >= 0.3 is 24.1 Å². The summed E-state index contributed by atoms with van der Waals surface area (Å²) in [4.78, 5) is 57.6. The fourth-order valence-electron chi connectivity index (χ4n) is 2.46. The van der Waals surface area contributed by atoms with Crippen molar-refractivity contribution in [1.82, 2.24) is 9.97 Å². The first kappa shape index (κ1) is 25.0. The van der Waals surface area contributed by atoms with Gasteiger partial charge in [-0.15, -0.1) is 0 Å². The molecule has 2 aromatic heterocycles. The Kier molecular flexibility index (Phi) is 9.55. The van der Waals surface area contributed by atoms with Crippen LogP contribution in [0.2, 0.25) is 0 Å². The third kappa shape index (κ3) is 7.45. The molecule has 2 N–H and O–H groups in total. The number of nitrogens with one attached hydrogen (secondary N) is 2. The Balaban J connectivity index is 2.16. The van der Waals surface area contributed by atoms with Crippen molar-refractivity contribution in [2.24, 2.45) is 5.41 Å². The summed E-state index contributed by atoms with van der Waals surface area (Å²) in [5.74, 6) is -2.15. The summed E-state index contributed by atoms with van der Waals surface area (Å²) in [6.07, 6.45) is 3.82. The van der Waals surface area contributed by atoms with Crippen LogP contribution in [0.3, 0.4) is 0 Å². The van der Waals surface area contributed by atoms with Crippen LogP contribution in [0.4, 0.5) is 21.0 Å². The molecule has 33 heavy (non-hydrogen) atoms. The molecular weight excluding hydrogens is 436 g/mol. The van der Waals surface area contributed by atoms with Crippen LogP contribution in [-0.4, -0.2) is 60.5 Å². The summed E-state index contributed by atoms with van der Waals surface area (Å²) in [6.45, 7) is 1.28. The lowest BCUT2D eigenvalue weighted by molar-refractivity contribution is -0.178. The van der Waals surface area contributed by atoms with Crippen molar-refractivity contribution in [3.05, 3.63) is 49.1 Å². The van der Waals surface area contributed by atoms with Crippen molar-refractivity contribution in [2.75, 3.05) is 37.1 Å². The Morgan fingerprint density at radius 2 is 1.18 bits per heavy atom. The quantitative estimate of drug-likeness (QED) is 0.307. The second kappa shape index (κ2) is 12.6. The molecule has 2 heterocycles. The summed E-state index contributed by atoms with van der Waals surface area (Å²) in [5, 5.41) is 4.80. The predicted octanol–water partition coefficient (Wildman–Crippen LogP) is 2.39. The van der Waals surface area contributed by atoms with Gasteiger partial charge in [-0.05, 0) is 38.1 Å².